The third-order valence-electron chi connectivity index (χ3n) is 0.180. The van der Waals surface area contributed by atoms with Gasteiger partial charge in [-0.05, 0) is 0 Å². The summed E-state index contributed by atoms with van der Waals surface area (Å²) in [4.78, 5) is 0. The second-order valence-electron chi connectivity index (χ2n) is 0.759. The van der Waals surface area contributed by atoms with E-state index in [4.69, 9.17) is 19.8 Å². The number of rotatable bonds is 2. The normalized spacial score (nSPS) is 18.6. The van der Waals surface area contributed by atoms with E-state index in [1.807, 2.05) is 0 Å². The highest BCUT2D eigenvalue weighted by molar-refractivity contribution is 7.97. The number of nitrogens with two attached hydrogens (primary N) is 2. The van der Waals surface area contributed by atoms with Crippen molar-refractivity contribution in [3.05, 3.63) is 0 Å². The third kappa shape index (κ3) is 6.18. The first kappa shape index (κ1) is 7.18. The van der Waals surface area contributed by atoms with Crippen LogP contribution in [-0.2, 0) is 22.1 Å². The van der Waals surface area contributed by atoms with E-state index in [-0.39, 0.29) is 0 Å². The summed E-state index contributed by atoms with van der Waals surface area (Å²) in [7, 11) is 0. The van der Waals surface area contributed by atoms with E-state index in [2.05, 4.69) is 4.13 Å². The fraction of sp³-hybridized carbons (Fsp3) is 0. The van der Waals surface area contributed by atoms with Crippen molar-refractivity contribution in [2.45, 2.75) is 0 Å². The van der Waals surface area contributed by atoms with Crippen molar-refractivity contribution in [1.29, 1.82) is 9.56 Å². The molecule has 7 N–H and O–H groups in total. The Morgan fingerprint density at radius 3 is 1.43 bits per heavy atom. The summed E-state index contributed by atoms with van der Waals surface area (Å²) in [5.41, 5.74) is 0. The third-order valence-corrected chi connectivity index (χ3v) is 1.62. The van der Waals surface area contributed by atoms with Crippen LogP contribution in [0.2, 0.25) is 0 Å². The molecule has 0 saturated heterocycles. The summed E-state index contributed by atoms with van der Waals surface area (Å²) in [6, 6.07) is 0. The molecule has 0 bridgehead atoms. The van der Waals surface area contributed by atoms with Crippen LogP contribution in [0.1, 0.15) is 0 Å². The minimum Gasteiger partial charge on any atom is -0.256 e. The van der Waals surface area contributed by atoms with Crippen molar-refractivity contribution in [3.8, 4) is 0 Å². The minimum absolute atomic E-state index is 1.15. The van der Waals surface area contributed by atoms with Crippen LogP contribution in [0.15, 0.2) is 0 Å². The maximum atomic E-state index is 6.61. The summed E-state index contributed by atoms with van der Waals surface area (Å²) in [5, 5.41) is 9.77. The average molecular weight is 141 g/mol. The van der Waals surface area contributed by atoms with Gasteiger partial charge < -0.3 is 0 Å². The van der Waals surface area contributed by atoms with Crippen LogP contribution in [0.5, 0.6) is 0 Å². The molecule has 0 saturated carbocycles. The first-order valence-electron chi connectivity index (χ1n) is 1.29. The van der Waals surface area contributed by atoms with E-state index in [1.54, 1.807) is 0 Å². The van der Waals surface area contributed by atoms with Gasteiger partial charge in [0.25, 0.3) is 0 Å². The smallest absolute Gasteiger partial charge is 0.0461 e. The summed E-state index contributed by atoms with van der Waals surface area (Å²) < 4.78 is 15.5. The van der Waals surface area contributed by atoms with Gasteiger partial charge in [-0.15, -0.1) is 0 Å². The van der Waals surface area contributed by atoms with Gasteiger partial charge in [-0.25, -0.2) is 0 Å². The highest BCUT2D eigenvalue weighted by Gasteiger charge is 1.80. The molecule has 0 aromatic rings. The van der Waals surface area contributed by atoms with Crippen molar-refractivity contribution >= 4 is 22.1 Å². The van der Waals surface area contributed by atoms with Crippen molar-refractivity contribution < 1.29 is 0 Å². The summed E-state index contributed by atoms with van der Waals surface area (Å²) in [5.74, 6) is 0. The predicted molar refractivity (Wildman–Crippen MR) is 31.7 cm³/mol. The number of nitrogens with one attached hydrogen (secondary N) is 3. The van der Waals surface area contributed by atoms with E-state index in [0.29, 0.717) is 0 Å². The lowest BCUT2D eigenvalue weighted by atomic mass is 13.8. The highest BCUT2D eigenvalue weighted by Crippen LogP contribution is 1.59. The molecule has 44 valence electrons. The predicted octanol–water partition coefficient (Wildman–Crippen LogP) is -1.09. The van der Waals surface area contributed by atoms with Crippen molar-refractivity contribution in [3.63, 3.8) is 0 Å². The van der Waals surface area contributed by atoms with Gasteiger partial charge >= 0.3 is 0 Å². The molecule has 0 aliphatic heterocycles. The molecule has 0 aliphatic rings. The van der Waals surface area contributed by atoms with Gasteiger partial charge in [0.15, 0.2) is 0 Å². The second kappa shape index (κ2) is 3.22. The van der Waals surface area contributed by atoms with Crippen molar-refractivity contribution in [1.82, 2.24) is 4.13 Å². The van der Waals surface area contributed by atoms with Crippen LogP contribution < -0.4 is 14.4 Å². The number of hydrogen-bond acceptors (Lipinski definition) is 2. The Hall–Kier alpha value is 0.180. The zero-order valence-electron chi connectivity index (χ0n) is 3.47. The van der Waals surface area contributed by atoms with Gasteiger partial charge in [-0.2, -0.15) is 4.13 Å². The molecule has 0 rings (SSSR count). The van der Waals surface area contributed by atoms with Gasteiger partial charge in [0.2, 0.25) is 0 Å². The van der Waals surface area contributed by atoms with Crippen LogP contribution >= 0.6 is 0 Å². The lowest BCUT2D eigenvalue weighted by Gasteiger charge is -1.95. The summed E-state index contributed by atoms with van der Waals surface area (Å²) >= 11 is -2.29. The topological polar surface area (TPSA) is 112 Å². The molecule has 0 unspecified atom stereocenters. The van der Waals surface area contributed by atoms with E-state index in [9.17, 15) is 0 Å². The molecule has 0 aliphatic carbocycles. The average Bonchev–Trinajstić information content (AvgIpc) is 1.27. The van der Waals surface area contributed by atoms with Crippen LogP contribution in [0.3, 0.4) is 0 Å². The number of hydrogen-bond donors (Lipinski definition) is 5. The van der Waals surface area contributed by atoms with Gasteiger partial charge in [0, 0.05) is 22.1 Å². The Morgan fingerprint density at radius 2 is 1.43 bits per heavy atom. The quantitative estimate of drug-likeness (QED) is 0.337. The van der Waals surface area contributed by atoms with Crippen LogP contribution in [-0.4, -0.2) is 0 Å². The molecular formula is H7N5S2. The molecule has 0 aromatic heterocycles. The molecule has 0 fully saturated rings. The van der Waals surface area contributed by atoms with Gasteiger partial charge in [0.05, 0.1) is 0 Å². The summed E-state index contributed by atoms with van der Waals surface area (Å²) in [6.45, 7) is 0. The Morgan fingerprint density at radius 1 is 1.14 bits per heavy atom. The maximum absolute atomic E-state index is 6.61. The highest BCUT2D eigenvalue weighted by atomic mass is 32.3. The fourth-order valence-corrected chi connectivity index (χ4v) is 0.871. The molecule has 7 heavy (non-hydrogen) atoms. The first-order valence-corrected chi connectivity index (χ1v) is 3.86. The van der Waals surface area contributed by atoms with Crippen LogP contribution in [0.4, 0.5) is 0 Å². The lowest BCUT2D eigenvalue weighted by molar-refractivity contribution is 1.48. The van der Waals surface area contributed by atoms with Gasteiger partial charge in [-0.3, -0.25) is 19.8 Å². The Labute approximate surface area is 46.8 Å². The molecule has 0 atom stereocenters. The second-order valence-corrected chi connectivity index (χ2v) is 2.78. The minimum atomic E-state index is -1.15. The monoisotopic (exact) mass is 141 g/mol. The standard InChI is InChI=1S/H7N5S2/c1-6(2)5-7(3)4/h(H7,1,2,3,4,5). The molecule has 0 aromatic carbocycles. The van der Waals surface area contributed by atoms with Crippen molar-refractivity contribution in [2.75, 3.05) is 0 Å². The van der Waals surface area contributed by atoms with Crippen molar-refractivity contribution in [2.24, 2.45) is 10.3 Å². The Balaban J connectivity index is 3.32. The van der Waals surface area contributed by atoms with E-state index in [0.717, 1.165) is 0 Å². The van der Waals surface area contributed by atoms with Crippen LogP contribution in [0, 0.1) is 9.56 Å². The molecule has 7 heteroatoms. The van der Waals surface area contributed by atoms with E-state index in [1.165, 1.54) is 0 Å². The molecule has 0 amide bonds. The molecule has 0 spiro atoms. The largest absolute Gasteiger partial charge is 0.256 e. The SMILES string of the molecule is N=S(N)NS(=N)N. The molecule has 0 heterocycles. The van der Waals surface area contributed by atoms with Gasteiger partial charge in [-0.1, -0.05) is 0 Å². The van der Waals surface area contributed by atoms with Gasteiger partial charge in [0.1, 0.15) is 0 Å². The molecule has 0 radical (unpaired) electrons. The van der Waals surface area contributed by atoms with E-state index < -0.39 is 22.1 Å². The zero-order chi connectivity index (χ0) is 5.86. The maximum Gasteiger partial charge on any atom is 0.0461 e. The zero-order valence-corrected chi connectivity index (χ0v) is 5.10. The lowest BCUT2D eigenvalue weighted by Crippen LogP contribution is -2.28. The Bertz CT molecular complexity index is 82.3. The molecular weight excluding hydrogens is 134 g/mol. The van der Waals surface area contributed by atoms with Crippen LogP contribution in [0.25, 0.3) is 0 Å². The first-order chi connectivity index (χ1) is 3.13. The Kier molecular flexibility index (Phi) is 3.30. The molecule has 5 nitrogen and oxygen atoms in total. The fourth-order valence-electron chi connectivity index (χ4n) is 0.0967. The van der Waals surface area contributed by atoms with E-state index >= 15 is 0 Å². The summed E-state index contributed by atoms with van der Waals surface area (Å²) in [6.07, 6.45) is 0.